The predicted molar refractivity (Wildman–Crippen MR) is 68.7 cm³/mol. The number of rotatable bonds is 2. The molecule has 17 heavy (non-hydrogen) atoms. The van der Waals surface area contributed by atoms with Gasteiger partial charge in [-0.15, -0.1) is 0 Å². The summed E-state index contributed by atoms with van der Waals surface area (Å²) in [5.74, 6) is -0.272. The molecule has 0 saturated carbocycles. The minimum Gasteiger partial charge on any atom is -0.324 e. The van der Waals surface area contributed by atoms with Crippen molar-refractivity contribution in [2.75, 3.05) is 5.32 Å². The summed E-state index contributed by atoms with van der Waals surface area (Å²) in [7, 11) is 0. The Balaban J connectivity index is 3.03. The van der Waals surface area contributed by atoms with Crippen molar-refractivity contribution >= 4 is 11.6 Å². The molecular formula is C14H18N2O. The van der Waals surface area contributed by atoms with Gasteiger partial charge in [-0.1, -0.05) is 6.07 Å². The van der Waals surface area contributed by atoms with Crippen molar-refractivity contribution in [3.8, 4) is 6.07 Å². The van der Waals surface area contributed by atoms with Gasteiger partial charge >= 0.3 is 0 Å². The van der Waals surface area contributed by atoms with Crippen LogP contribution in [0.1, 0.15) is 30.5 Å². The number of carbonyl (C=O) groups is 1. The predicted octanol–water partition coefficient (Wildman–Crippen LogP) is 3.10. The number of hydrogen-bond acceptors (Lipinski definition) is 2. The molecule has 0 radical (unpaired) electrons. The van der Waals surface area contributed by atoms with Crippen LogP contribution in [0.5, 0.6) is 0 Å². The number of carbonyl (C=O) groups excluding carboxylic acids is 1. The van der Waals surface area contributed by atoms with E-state index in [1.165, 1.54) is 5.56 Å². The van der Waals surface area contributed by atoms with Crippen LogP contribution in [0.15, 0.2) is 12.1 Å². The first-order valence-electron chi connectivity index (χ1n) is 5.59. The monoisotopic (exact) mass is 230 g/mol. The smallest absolute Gasteiger partial charge is 0.244 e. The van der Waals surface area contributed by atoms with E-state index in [9.17, 15) is 4.79 Å². The molecule has 0 fully saturated rings. The van der Waals surface area contributed by atoms with E-state index in [2.05, 4.69) is 5.32 Å². The van der Waals surface area contributed by atoms with Crippen LogP contribution in [-0.4, -0.2) is 5.91 Å². The molecule has 1 rings (SSSR count). The number of nitrogens with one attached hydrogen (secondary N) is 1. The summed E-state index contributed by atoms with van der Waals surface area (Å²) in [6.07, 6.45) is 0. The minimum absolute atomic E-state index is 0.272. The molecule has 0 aliphatic carbocycles. The first-order chi connectivity index (χ1) is 7.79. The van der Waals surface area contributed by atoms with Crippen LogP contribution in [0.3, 0.4) is 0 Å². The molecule has 3 heteroatoms. The summed E-state index contributed by atoms with van der Waals surface area (Å²) in [6, 6.07) is 5.84. The van der Waals surface area contributed by atoms with Gasteiger partial charge in [-0.25, -0.2) is 0 Å². The van der Waals surface area contributed by atoms with E-state index < -0.39 is 5.41 Å². The Bertz CT molecular complexity index is 496. The fourth-order valence-corrected chi connectivity index (χ4v) is 1.42. The van der Waals surface area contributed by atoms with Crippen LogP contribution in [0.2, 0.25) is 0 Å². The first-order valence-corrected chi connectivity index (χ1v) is 5.59. The Morgan fingerprint density at radius 3 is 2.35 bits per heavy atom. The molecule has 90 valence electrons. The summed E-state index contributed by atoms with van der Waals surface area (Å²) in [6.45, 7) is 9.25. The third-order valence-electron chi connectivity index (χ3n) is 3.15. The molecule has 0 aliphatic rings. The summed E-state index contributed by atoms with van der Waals surface area (Å²) in [5.41, 5.74) is 3.18. The van der Waals surface area contributed by atoms with Gasteiger partial charge in [-0.2, -0.15) is 5.26 Å². The van der Waals surface area contributed by atoms with Crippen molar-refractivity contribution in [3.05, 3.63) is 28.8 Å². The minimum atomic E-state index is -1.01. The highest BCUT2D eigenvalue weighted by Crippen LogP contribution is 2.24. The lowest BCUT2D eigenvalue weighted by Crippen LogP contribution is -2.29. The highest BCUT2D eigenvalue weighted by atomic mass is 16.2. The molecule has 1 aromatic rings. The molecule has 0 unspecified atom stereocenters. The van der Waals surface area contributed by atoms with Gasteiger partial charge in [0.05, 0.1) is 6.07 Å². The van der Waals surface area contributed by atoms with Crippen molar-refractivity contribution in [2.45, 2.75) is 34.6 Å². The van der Waals surface area contributed by atoms with Crippen LogP contribution in [-0.2, 0) is 4.79 Å². The second kappa shape index (κ2) is 4.58. The average molecular weight is 230 g/mol. The molecule has 0 saturated heterocycles. The van der Waals surface area contributed by atoms with Gasteiger partial charge in [-0.3, -0.25) is 4.79 Å². The van der Waals surface area contributed by atoms with Gasteiger partial charge in [0.2, 0.25) is 5.91 Å². The molecule has 1 N–H and O–H groups in total. The zero-order valence-electron chi connectivity index (χ0n) is 11.0. The van der Waals surface area contributed by atoms with E-state index in [1.54, 1.807) is 13.8 Å². The average Bonchev–Trinajstić information content (AvgIpc) is 2.29. The van der Waals surface area contributed by atoms with Crippen molar-refractivity contribution in [1.82, 2.24) is 0 Å². The molecule has 0 aromatic heterocycles. The third kappa shape index (κ3) is 2.65. The Morgan fingerprint density at radius 2 is 1.82 bits per heavy atom. The first kappa shape index (κ1) is 13.2. The van der Waals surface area contributed by atoms with Crippen molar-refractivity contribution in [3.63, 3.8) is 0 Å². The van der Waals surface area contributed by atoms with Crippen molar-refractivity contribution in [1.29, 1.82) is 5.26 Å². The fraction of sp³-hybridized carbons (Fsp3) is 0.429. The molecular weight excluding hydrogens is 212 g/mol. The summed E-state index contributed by atoms with van der Waals surface area (Å²) in [5, 5.41) is 11.7. The summed E-state index contributed by atoms with van der Waals surface area (Å²) < 4.78 is 0. The van der Waals surface area contributed by atoms with E-state index in [4.69, 9.17) is 5.26 Å². The van der Waals surface area contributed by atoms with E-state index in [1.807, 2.05) is 39.0 Å². The van der Waals surface area contributed by atoms with Crippen LogP contribution >= 0.6 is 0 Å². The van der Waals surface area contributed by atoms with E-state index in [-0.39, 0.29) is 5.91 Å². The molecule has 0 heterocycles. The number of anilines is 1. The number of nitriles is 1. The number of benzene rings is 1. The Hall–Kier alpha value is -1.82. The highest BCUT2D eigenvalue weighted by molar-refractivity contribution is 5.97. The third-order valence-corrected chi connectivity index (χ3v) is 3.15. The summed E-state index contributed by atoms with van der Waals surface area (Å²) in [4.78, 5) is 11.9. The molecule has 3 nitrogen and oxygen atoms in total. The maximum absolute atomic E-state index is 11.9. The van der Waals surface area contributed by atoms with Crippen LogP contribution in [0, 0.1) is 37.5 Å². The molecule has 1 aromatic carbocycles. The molecule has 0 bridgehead atoms. The standard InChI is InChI=1S/C14H18N2O/c1-9-6-7-12(11(3)10(9)2)16-13(17)14(4,5)8-15/h6-7H,1-5H3,(H,16,17). The maximum atomic E-state index is 11.9. The molecule has 1 amide bonds. The van der Waals surface area contributed by atoms with Crippen molar-refractivity contribution < 1.29 is 4.79 Å². The zero-order valence-corrected chi connectivity index (χ0v) is 11.0. The number of nitrogens with zero attached hydrogens (tertiary/aromatic N) is 1. The van der Waals surface area contributed by atoms with Gasteiger partial charge in [0.15, 0.2) is 0 Å². The fourth-order valence-electron chi connectivity index (χ4n) is 1.42. The Kier molecular flexibility index (Phi) is 3.57. The molecule has 0 aliphatic heterocycles. The quantitative estimate of drug-likeness (QED) is 0.848. The number of aryl methyl sites for hydroxylation is 1. The Morgan fingerprint density at radius 1 is 1.24 bits per heavy atom. The second-order valence-corrected chi connectivity index (χ2v) is 4.87. The lowest BCUT2D eigenvalue weighted by atomic mass is 9.94. The van der Waals surface area contributed by atoms with Crippen LogP contribution in [0.25, 0.3) is 0 Å². The van der Waals surface area contributed by atoms with E-state index in [0.717, 1.165) is 16.8 Å². The molecule has 0 atom stereocenters. The summed E-state index contributed by atoms with van der Waals surface area (Å²) >= 11 is 0. The number of hydrogen-bond donors (Lipinski definition) is 1. The SMILES string of the molecule is Cc1ccc(NC(=O)C(C)(C)C#N)c(C)c1C. The van der Waals surface area contributed by atoms with Gasteiger partial charge in [-0.05, 0) is 57.4 Å². The highest BCUT2D eigenvalue weighted by Gasteiger charge is 2.27. The van der Waals surface area contributed by atoms with Gasteiger partial charge in [0.1, 0.15) is 5.41 Å². The normalized spacial score (nSPS) is 10.8. The molecule has 0 spiro atoms. The van der Waals surface area contributed by atoms with Crippen LogP contribution < -0.4 is 5.32 Å². The van der Waals surface area contributed by atoms with Crippen LogP contribution in [0.4, 0.5) is 5.69 Å². The number of amides is 1. The van der Waals surface area contributed by atoms with E-state index >= 15 is 0 Å². The van der Waals surface area contributed by atoms with Gasteiger partial charge in [0.25, 0.3) is 0 Å². The zero-order chi connectivity index (χ0) is 13.2. The van der Waals surface area contributed by atoms with Crippen molar-refractivity contribution in [2.24, 2.45) is 5.41 Å². The second-order valence-electron chi connectivity index (χ2n) is 4.87. The lowest BCUT2D eigenvalue weighted by molar-refractivity contribution is -0.121. The topological polar surface area (TPSA) is 52.9 Å². The Labute approximate surface area is 102 Å². The van der Waals surface area contributed by atoms with E-state index in [0.29, 0.717) is 0 Å². The van der Waals surface area contributed by atoms with Gasteiger partial charge in [0, 0.05) is 5.69 Å². The lowest BCUT2D eigenvalue weighted by Gasteiger charge is -2.17. The maximum Gasteiger partial charge on any atom is 0.244 e. The largest absolute Gasteiger partial charge is 0.324 e. The van der Waals surface area contributed by atoms with Gasteiger partial charge < -0.3 is 5.32 Å².